The topological polar surface area (TPSA) is 69.1 Å². The van der Waals surface area contributed by atoms with Gasteiger partial charge < -0.3 is 4.90 Å². The minimum Gasteiger partial charge on any atom is -0.312 e. The van der Waals surface area contributed by atoms with E-state index in [4.69, 9.17) is 5.53 Å². The van der Waals surface area contributed by atoms with Crippen LogP contribution in [0.15, 0.2) is 27.8 Å². The first-order chi connectivity index (χ1) is 8.61. The summed E-state index contributed by atoms with van der Waals surface area (Å²) in [7, 11) is 0. The van der Waals surface area contributed by atoms with E-state index in [1.165, 1.54) is 0 Å². The maximum absolute atomic E-state index is 12.0. The van der Waals surface area contributed by atoms with E-state index in [9.17, 15) is 4.79 Å². The Morgan fingerprint density at radius 3 is 3.11 bits per heavy atom. The molecule has 1 aromatic carbocycles. The number of anilines is 1. The summed E-state index contributed by atoms with van der Waals surface area (Å²) in [4.78, 5) is 16.5. The van der Waals surface area contributed by atoms with Crippen molar-refractivity contribution in [3.05, 3.63) is 38.7 Å². The molecule has 5 nitrogen and oxygen atoms in total. The minimum atomic E-state index is 0.0920. The molecular formula is C12H13BrN4O. The molecule has 18 heavy (non-hydrogen) atoms. The number of amides is 1. The highest BCUT2D eigenvalue weighted by Crippen LogP contribution is 2.30. The monoisotopic (exact) mass is 308 g/mol. The SMILES string of the molecule is Cc1ccc(Br)cc1N1CC(CN=[N+]=[N-])CC1=O. The van der Waals surface area contributed by atoms with Crippen LogP contribution in [-0.4, -0.2) is 19.0 Å². The van der Waals surface area contributed by atoms with E-state index >= 15 is 0 Å². The molecule has 2 rings (SSSR count). The summed E-state index contributed by atoms with van der Waals surface area (Å²) in [5.41, 5.74) is 10.3. The van der Waals surface area contributed by atoms with E-state index in [0.29, 0.717) is 19.5 Å². The third-order valence-electron chi connectivity index (χ3n) is 3.07. The second-order valence-electron chi connectivity index (χ2n) is 4.42. The summed E-state index contributed by atoms with van der Waals surface area (Å²) in [5, 5.41) is 3.55. The van der Waals surface area contributed by atoms with Gasteiger partial charge in [-0.15, -0.1) is 0 Å². The molecular weight excluding hydrogens is 296 g/mol. The Morgan fingerprint density at radius 2 is 2.39 bits per heavy atom. The standard InChI is InChI=1S/C12H13BrN4O/c1-8-2-3-10(13)5-11(8)17-7-9(4-12(17)18)6-15-16-14/h2-3,5,9H,4,6-7H2,1H3. The molecule has 1 aliphatic rings. The van der Waals surface area contributed by atoms with E-state index in [1.54, 1.807) is 4.90 Å². The molecule has 1 unspecified atom stereocenters. The van der Waals surface area contributed by atoms with Gasteiger partial charge in [0, 0.05) is 34.6 Å². The number of carbonyl (C=O) groups is 1. The predicted molar refractivity (Wildman–Crippen MR) is 73.4 cm³/mol. The molecule has 0 spiro atoms. The fraction of sp³-hybridized carbons (Fsp3) is 0.417. The van der Waals surface area contributed by atoms with Crippen LogP contribution in [0.3, 0.4) is 0 Å². The van der Waals surface area contributed by atoms with Crippen LogP contribution in [0.25, 0.3) is 10.4 Å². The summed E-state index contributed by atoms with van der Waals surface area (Å²) in [6.45, 7) is 2.98. The molecule has 0 saturated carbocycles. The number of nitrogens with zero attached hydrogens (tertiary/aromatic N) is 4. The molecule has 94 valence electrons. The lowest BCUT2D eigenvalue weighted by atomic mass is 10.1. The van der Waals surface area contributed by atoms with Gasteiger partial charge in [-0.3, -0.25) is 4.79 Å². The zero-order chi connectivity index (χ0) is 13.1. The third-order valence-corrected chi connectivity index (χ3v) is 3.56. The summed E-state index contributed by atoms with van der Waals surface area (Å²) >= 11 is 3.42. The van der Waals surface area contributed by atoms with Crippen molar-refractivity contribution in [2.24, 2.45) is 11.0 Å². The largest absolute Gasteiger partial charge is 0.312 e. The van der Waals surface area contributed by atoms with Gasteiger partial charge in [0.1, 0.15) is 0 Å². The molecule has 0 bridgehead atoms. The highest BCUT2D eigenvalue weighted by Gasteiger charge is 2.30. The van der Waals surface area contributed by atoms with Crippen molar-refractivity contribution < 1.29 is 4.79 Å². The summed E-state index contributed by atoms with van der Waals surface area (Å²) in [5.74, 6) is 0.209. The Hall–Kier alpha value is -1.52. The molecule has 0 aliphatic carbocycles. The van der Waals surface area contributed by atoms with Crippen LogP contribution in [0.2, 0.25) is 0 Å². The normalized spacial score (nSPS) is 18.9. The first-order valence-corrected chi connectivity index (χ1v) is 6.48. The van der Waals surface area contributed by atoms with Crippen molar-refractivity contribution in [3.8, 4) is 0 Å². The van der Waals surface area contributed by atoms with Gasteiger partial charge in [-0.1, -0.05) is 27.1 Å². The van der Waals surface area contributed by atoms with Crippen molar-refractivity contribution in [2.75, 3.05) is 18.0 Å². The second kappa shape index (κ2) is 5.42. The van der Waals surface area contributed by atoms with Crippen molar-refractivity contribution in [1.82, 2.24) is 0 Å². The van der Waals surface area contributed by atoms with Crippen molar-refractivity contribution in [1.29, 1.82) is 0 Å². The molecule has 1 aromatic rings. The third kappa shape index (κ3) is 2.66. The van der Waals surface area contributed by atoms with Crippen LogP contribution >= 0.6 is 15.9 Å². The average Bonchev–Trinajstić information content (AvgIpc) is 2.71. The summed E-state index contributed by atoms with van der Waals surface area (Å²) in [6.07, 6.45) is 0.449. The van der Waals surface area contributed by atoms with E-state index in [2.05, 4.69) is 26.0 Å². The Balaban J connectivity index is 2.21. The molecule has 0 N–H and O–H groups in total. The number of hydrogen-bond donors (Lipinski definition) is 0. The molecule has 1 amide bonds. The fourth-order valence-corrected chi connectivity index (χ4v) is 2.51. The number of halogens is 1. The van der Waals surface area contributed by atoms with Crippen LogP contribution in [0.4, 0.5) is 5.69 Å². The van der Waals surface area contributed by atoms with Gasteiger partial charge in [0.15, 0.2) is 0 Å². The highest BCUT2D eigenvalue weighted by molar-refractivity contribution is 9.10. The molecule has 1 heterocycles. The summed E-state index contributed by atoms with van der Waals surface area (Å²) in [6, 6.07) is 5.88. The zero-order valence-electron chi connectivity index (χ0n) is 10.0. The van der Waals surface area contributed by atoms with Gasteiger partial charge in [0.05, 0.1) is 0 Å². The van der Waals surface area contributed by atoms with Crippen LogP contribution in [0.1, 0.15) is 12.0 Å². The average molecular weight is 309 g/mol. The second-order valence-corrected chi connectivity index (χ2v) is 5.33. The van der Waals surface area contributed by atoms with Gasteiger partial charge in [-0.05, 0) is 36.1 Å². The van der Waals surface area contributed by atoms with Gasteiger partial charge in [-0.25, -0.2) is 0 Å². The molecule has 0 aromatic heterocycles. The lowest BCUT2D eigenvalue weighted by Crippen LogP contribution is -2.25. The van der Waals surface area contributed by atoms with Gasteiger partial charge >= 0.3 is 0 Å². The Bertz CT molecular complexity index is 525. The number of rotatable bonds is 3. The molecule has 6 heteroatoms. The number of benzene rings is 1. The van der Waals surface area contributed by atoms with Gasteiger partial charge in [-0.2, -0.15) is 0 Å². The zero-order valence-corrected chi connectivity index (χ0v) is 11.6. The van der Waals surface area contributed by atoms with E-state index in [1.807, 2.05) is 25.1 Å². The number of aryl methyl sites for hydroxylation is 1. The number of azide groups is 1. The maximum Gasteiger partial charge on any atom is 0.227 e. The van der Waals surface area contributed by atoms with Crippen LogP contribution in [0, 0.1) is 12.8 Å². The highest BCUT2D eigenvalue weighted by atomic mass is 79.9. The van der Waals surface area contributed by atoms with Gasteiger partial charge in [0.2, 0.25) is 5.91 Å². The minimum absolute atomic E-state index is 0.0920. The lowest BCUT2D eigenvalue weighted by molar-refractivity contribution is -0.117. The van der Waals surface area contributed by atoms with Crippen LogP contribution < -0.4 is 4.90 Å². The Morgan fingerprint density at radius 1 is 1.61 bits per heavy atom. The Kier molecular flexibility index (Phi) is 3.89. The van der Waals surface area contributed by atoms with E-state index < -0.39 is 0 Å². The van der Waals surface area contributed by atoms with E-state index in [-0.39, 0.29) is 11.8 Å². The first kappa shape index (κ1) is 12.9. The predicted octanol–water partition coefficient (Wildman–Crippen LogP) is 3.42. The molecule has 0 radical (unpaired) electrons. The maximum atomic E-state index is 12.0. The quantitative estimate of drug-likeness (QED) is 0.479. The number of carbonyl (C=O) groups excluding carboxylic acids is 1. The van der Waals surface area contributed by atoms with Crippen molar-refractivity contribution in [2.45, 2.75) is 13.3 Å². The molecule has 1 atom stereocenters. The first-order valence-electron chi connectivity index (χ1n) is 5.69. The lowest BCUT2D eigenvalue weighted by Gasteiger charge is -2.19. The van der Waals surface area contributed by atoms with Crippen molar-refractivity contribution >= 4 is 27.5 Å². The van der Waals surface area contributed by atoms with Crippen molar-refractivity contribution in [3.63, 3.8) is 0 Å². The summed E-state index contributed by atoms with van der Waals surface area (Å²) < 4.78 is 0.953. The molecule has 1 fully saturated rings. The van der Waals surface area contributed by atoms with Crippen LogP contribution in [0.5, 0.6) is 0 Å². The van der Waals surface area contributed by atoms with Gasteiger partial charge in [0.25, 0.3) is 0 Å². The molecule has 1 aliphatic heterocycles. The van der Waals surface area contributed by atoms with E-state index in [0.717, 1.165) is 15.7 Å². The fourth-order valence-electron chi connectivity index (χ4n) is 2.16. The van der Waals surface area contributed by atoms with Crippen LogP contribution in [-0.2, 0) is 4.79 Å². The molecule has 1 saturated heterocycles. The smallest absolute Gasteiger partial charge is 0.227 e. The Labute approximate surface area is 114 Å². The number of hydrogen-bond acceptors (Lipinski definition) is 2.